The lowest BCUT2D eigenvalue weighted by atomic mass is 9.98. The molecule has 0 spiro atoms. The summed E-state index contributed by atoms with van der Waals surface area (Å²) < 4.78 is 4.89. The molecule has 4 heteroatoms. The van der Waals surface area contributed by atoms with E-state index in [0.29, 0.717) is 13.0 Å². The summed E-state index contributed by atoms with van der Waals surface area (Å²) in [6.45, 7) is 6.74. The molecule has 0 aliphatic carbocycles. The first-order valence-corrected chi connectivity index (χ1v) is 6.14. The summed E-state index contributed by atoms with van der Waals surface area (Å²) in [6, 6.07) is 0. The summed E-state index contributed by atoms with van der Waals surface area (Å²) in [4.78, 5) is 13.4. The average molecular weight is 229 g/mol. The van der Waals surface area contributed by atoms with Crippen molar-refractivity contribution in [3.8, 4) is 0 Å². The second kappa shape index (κ2) is 6.21. The Morgan fingerprint density at radius 1 is 1.44 bits per heavy atom. The molecule has 1 aliphatic heterocycles. The number of ether oxygens (including phenoxy) is 1. The van der Waals surface area contributed by atoms with E-state index in [9.17, 15) is 9.90 Å². The van der Waals surface area contributed by atoms with Crippen molar-refractivity contribution in [2.75, 3.05) is 26.2 Å². The number of esters is 1. The van der Waals surface area contributed by atoms with E-state index in [1.54, 1.807) is 0 Å². The highest BCUT2D eigenvalue weighted by atomic mass is 16.5. The maximum absolute atomic E-state index is 11.2. The number of carbonyl (C=O) groups is 1. The third-order valence-corrected chi connectivity index (χ3v) is 3.09. The fraction of sp³-hybridized carbons (Fsp3) is 0.917. The van der Waals surface area contributed by atoms with Gasteiger partial charge in [0.2, 0.25) is 0 Å². The van der Waals surface area contributed by atoms with Crippen molar-refractivity contribution in [3.05, 3.63) is 0 Å². The Morgan fingerprint density at radius 3 is 2.88 bits per heavy atom. The molecule has 0 aromatic rings. The van der Waals surface area contributed by atoms with Gasteiger partial charge in [-0.2, -0.15) is 0 Å². The van der Waals surface area contributed by atoms with Crippen LogP contribution in [0.15, 0.2) is 0 Å². The van der Waals surface area contributed by atoms with Crippen molar-refractivity contribution in [2.45, 2.75) is 45.1 Å². The van der Waals surface area contributed by atoms with E-state index in [-0.39, 0.29) is 5.97 Å². The van der Waals surface area contributed by atoms with Gasteiger partial charge in [0.25, 0.3) is 0 Å². The summed E-state index contributed by atoms with van der Waals surface area (Å²) in [5.41, 5.74) is -0.529. The van der Waals surface area contributed by atoms with Gasteiger partial charge in [-0.15, -0.1) is 0 Å². The SMILES string of the molecule is CCOC(=O)CCN1CCCC(C)(O)CC1. The standard InChI is InChI=1S/C12H23NO3/c1-3-16-11(14)5-9-13-8-4-6-12(2,15)7-10-13/h15H,3-10H2,1-2H3. The highest BCUT2D eigenvalue weighted by molar-refractivity contribution is 5.69. The fourth-order valence-electron chi connectivity index (χ4n) is 2.03. The van der Waals surface area contributed by atoms with Gasteiger partial charge in [0.15, 0.2) is 0 Å². The summed E-state index contributed by atoms with van der Waals surface area (Å²) in [5, 5.41) is 9.92. The predicted molar refractivity (Wildman–Crippen MR) is 62.2 cm³/mol. The summed E-state index contributed by atoms with van der Waals surface area (Å²) >= 11 is 0. The molecule has 1 saturated heterocycles. The van der Waals surface area contributed by atoms with Gasteiger partial charge in [0.1, 0.15) is 0 Å². The maximum Gasteiger partial charge on any atom is 0.307 e. The van der Waals surface area contributed by atoms with Gasteiger partial charge in [0, 0.05) is 13.1 Å². The predicted octanol–water partition coefficient (Wildman–Crippen LogP) is 1.18. The first kappa shape index (κ1) is 13.5. The fourth-order valence-corrected chi connectivity index (χ4v) is 2.03. The summed E-state index contributed by atoms with van der Waals surface area (Å²) in [7, 11) is 0. The van der Waals surface area contributed by atoms with Crippen molar-refractivity contribution < 1.29 is 14.6 Å². The van der Waals surface area contributed by atoms with Crippen LogP contribution in [0.2, 0.25) is 0 Å². The number of carbonyl (C=O) groups excluding carboxylic acids is 1. The second-order valence-corrected chi connectivity index (χ2v) is 4.75. The first-order chi connectivity index (χ1) is 7.53. The lowest BCUT2D eigenvalue weighted by Gasteiger charge is -2.22. The molecule has 1 fully saturated rings. The highest BCUT2D eigenvalue weighted by Crippen LogP contribution is 2.21. The van der Waals surface area contributed by atoms with Crippen LogP contribution in [0.25, 0.3) is 0 Å². The van der Waals surface area contributed by atoms with Gasteiger partial charge in [-0.25, -0.2) is 0 Å². The molecule has 1 N–H and O–H groups in total. The van der Waals surface area contributed by atoms with Gasteiger partial charge in [-0.1, -0.05) is 0 Å². The lowest BCUT2D eigenvalue weighted by molar-refractivity contribution is -0.143. The number of rotatable bonds is 4. The molecule has 0 aromatic carbocycles. The van der Waals surface area contributed by atoms with E-state index < -0.39 is 5.60 Å². The topological polar surface area (TPSA) is 49.8 Å². The third kappa shape index (κ3) is 4.94. The molecule has 0 bridgehead atoms. The van der Waals surface area contributed by atoms with Crippen molar-refractivity contribution in [3.63, 3.8) is 0 Å². The number of hydrogen-bond acceptors (Lipinski definition) is 4. The van der Waals surface area contributed by atoms with Crippen LogP contribution in [0.1, 0.15) is 39.5 Å². The Kier molecular flexibility index (Phi) is 5.22. The minimum atomic E-state index is -0.529. The molecular formula is C12H23NO3. The van der Waals surface area contributed by atoms with E-state index in [0.717, 1.165) is 38.9 Å². The average Bonchev–Trinajstić information content (AvgIpc) is 2.37. The number of nitrogens with zero attached hydrogens (tertiary/aromatic N) is 1. The summed E-state index contributed by atoms with van der Waals surface area (Å²) in [5.74, 6) is -0.126. The molecule has 1 rings (SSSR count). The molecule has 16 heavy (non-hydrogen) atoms. The minimum Gasteiger partial charge on any atom is -0.466 e. The smallest absolute Gasteiger partial charge is 0.307 e. The van der Waals surface area contributed by atoms with Crippen LogP contribution >= 0.6 is 0 Å². The van der Waals surface area contributed by atoms with Crippen LogP contribution in [0.5, 0.6) is 0 Å². The number of aliphatic hydroxyl groups is 1. The highest BCUT2D eigenvalue weighted by Gasteiger charge is 2.24. The molecule has 94 valence electrons. The first-order valence-electron chi connectivity index (χ1n) is 6.14. The molecule has 0 amide bonds. The Morgan fingerprint density at radius 2 is 2.19 bits per heavy atom. The zero-order chi connectivity index (χ0) is 12.0. The Hall–Kier alpha value is -0.610. The summed E-state index contributed by atoms with van der Waals surface area (Å²) in [6.07, 6.45) is 3.09. The quantitative estimate of drug-likeness (QED) is 0.735. The molecular weight excluding hydrogens is 206 g/mol. The van der Waals surface area contributed by atoms with Crippen molar-refractivity contribution in [1.82, 2.24) is 4.90 Å². The molecule has 0 radical (unpaired) electrons. The maximum atomic E-state index is 11.2. The van der Waals surface area contributed by atoms with Gasteiger partial charge in [0.05, 0.1) is 18.6 Å². The minimum absolute atomic E-state index is 0.126. The van der Waals surface area contributed by atoms with Crippen LogP contribution in [0, 0.1) is 0 Å². The van der Waals surface area contributed by atoms with Gasteiger partial charge < -0.3 is 14.7 Å². The largest absolute Gasteiger partial charge is 0.466 e. The van der Waals surface area contributed by atoms with Crippen LogP contribution < -0.4 is 0 Å². The second-order valence-electron chi connectivity index (χ2n) is 4.75. The van der Waals surface area contributed by atoms with Gasteiger partial charge in [-0.3, -0.25) is 4.79 Å². The molecule has 0 aromatic heterocycles. The van der Waals surface area contributed by atoms with E-state index in [1.807, 2.05) is 13.8 Å². The molecule has 0 saturated carbocycles. The molecule has 4 nitrogen and oxygen atoms in total. The Bertz CT molecular complexity index is 228. The molecule has 1 heterocycles. The number of hydrogen-bond donors (Lipinski definition) is 1. The normalized spacial score (nSPS) is 27.4. The van der Waals surface area contributed by atoms with Crippen molar-refractivity contribution in [2.24, 2.45) is 0 Å². The number of likely N-dealkylation sites (tertiary alicyclic amines) is 1. The lowest BCUT2D eigenvalue weighted by Crippen LogP contribution is -2.30. The molecule has 1 atom stereocenters. The van der Waals surface area contributed by atoms with Crippen LogP contribution in [0.4, 0.5) is 0 Å². The van der Waals surface area contributed by atoms with Gasteiger partial charge in [-0.05, 0) is 39.7 Å². The van der Waals surface area contributed by atoms with Crippen molar-refractivity contribution in [1.29, 1.82) is 0 Å². The van der Waals surface area contributed by atoms with E-state index in [2.05, 4.69) is 4.90 Å². The van der Waals surface area contributed by atoms with E-state index >= 15 is 0 Å². The van der Waals surface area contributed by atoms with Crippen LogP contribution in [-0.2, 0) is 9.53 Å². The van der Waals surface area contributed by atoms with Crippen LogP contribution in [-0.4, -0.2) is 47.8 Å². The van der Waals surface area contributed by atoms with E-state index in [1.165, 1.54) is 0 Å². The molecule has 1 unspecified atom stereocenters. The van der Waals surface area contributed by atoms with Crippen molar-refractivity contribution >= 4 is 5.97 Å². The van der Waals surface area contributed by atoms with Gasteiger partial charge >= 0.3 is 5.97 Å². The molecule has 1 aliphatic rings. The third-order valence-electron chi connectivity index (χ3n) is 3.09. The Labute approximate surface area is 97.6 Å². The zero-order valence-corrected chi connectivity index (χ0v) is 10.4. The Balaban J connectivity index is 2.25. The van der Waals surface area contributed by atoms with Crippen LogP contribution in [0.3, 0.4) is 0 Å². The van der Waals surface area contributed by atoms with E-state index in [4.69, 9.17) is 4.74 Å². The zero-order valence-electron chi connectivity index (χ0n) is 10.4. The monoisotopic (exact) mass is 229 g/mol.